The predicted molar refractivity (Wildman–Crippen MR) is 90.4 cm³/mol. The van der Waals surface area contributed by atoms with E-state index in [1.165, 1.54) is 0 Å². The Labute approximate surface area is 139 Å². The van der Waals surface area contributed by atoms with Crippen LogP contribution in [0.3, 0.4) is 0 Å². The molecular formula is C15H18ClN3O2S. The number of amides is 1. The quantitative estimate of drug-likeness (QED) is 0.897. The molecule has 2 heterocycles. The molecule has 1 aliphatic rings. The van der Waals surface area contributed by atoms with E-state index in [-0.39, 0.29) is 24.4 Å². The van der Waals surface area contributed by atoms with Crippen molar-refractivity contribution in [2.45, 2.75) is 25.0 Å². The molecule has 1 saturated heterocycles. The van der Waals surface area contributed by atoms with Gasteiger partial charge in [0.25, 0.3) is 5.91 Å². The molecule has 0 unspecified atom stereocenters. The molecule has 1 aromatic heterocycles. The van der Waals surface area contributed by atoms with Gasteiger partial charge >= 0.3 is 0 Å². The number of aromatic nitrogens is 1. The van der Waals surface area contributed by atoms with Gasteiger partial charge in [-0.3, -0.25) is 4.79 Å². The van der Waals surface area contributed by atoms with Gasteiger partial charge in [0.1, 0.15) is 11.1 Å². The first-order valence-corrected chi connectivity index (χ1v) is 7.80. The zero-order chi connectivity index (χ0) is 14.7. The molecule has 0 spiro atoms. The van der Waals surface area contributed by atoms with E-state index in [2.05, 4.69) is 10.3 Å². The third-order valence-electron chi connectivity index (χ3n) is 3.47. The number of anilines is 1. The Hall–Kier alpha value is -1.47. The summed E-state index contributed by atoms with van der Waals surface area (Å²) in [5.74, 6) is -0.109. The molecule has 3 rings (SSSR count). The van der Waals surface area contributed by atoms with Crippen LogP contribution in [0.2, 0.25) is 0 Å². The number of halogens is 1. The minimum Gasteiger partial charge on any atom is -0.364 e. The van der Waals surface area contributed by atoms with Gasteiger partial charge in [-0.1, -0.05) is 12.1 Å². The highest BCUT2D eigenvalue weighted by molar-refractivity contribution is 7.13. The first-order chi connectivity index (χ1) is 10.3. The van der Waals surface area contributed by atoms with Crippen molar-refractivity contribution in [1.82, 2.24) is 4.98 Å². The van der Waals surface area contributed by atoms with Gasteiger partial charge in [-0.05, 0) is 25.0 Å². The molecule has 1 aromatic carbocycles. The van der Waals surface area contributed by atoms with Gasteiger partial charge in [0.05, 0.1) is 6.10 Å². The van der Waals surface area contributed by atoms with Gasteiger partial charge < -0.3 is 15.8 Å². The molecule has 1 aliphatic heterocycles. The minimum atomic E-state index is -0.401. The third-order valence-corrected chi connectivity index (χ3v) is 4.29. The highest BCUT2D eigenvalue weighted by atomic mass is 35.5. The molecule has 22 heavy (non-hydrogen) atoms. The summed E-state index contributed by atoms with van der Waals surface area (Å²) in [5, 5.41) is 5.77. The zero-order valence-electron chi connectivity index (χ0n) is 11.9. The largest absolute Gasteiger partial charge is 0.364 e. The Bertz CT molecular complexity index is 621. The number of carbonyl (C=O) groups excluding carboxylic acids is 1. The second-order valence-electron chi connectivity index (χ2n) is 4.97. The molecule has 2 atom stereocenters. The number of hydrogen-bond donors (Lipinski definition) is 2. The molecular weight excluding hydrogens is 322 g/mol. The van der Waals surface area contributed by atoms with Gasteiger partial charge in [0.2, 0.25) is 0 Å². The number of rotatable bonds is 4. The van der Waals surface area contributed by atoms with Crippen LogP contribution in [-0.4, -0.2) is 29.6 Å². The van der Waals surface area contributed by atoms with Crippen LogP contribution in [0, 0.1) is 0 Å². The normalized spacial score (nSPS) is 20.4. The fraction of sp³-hybridized carbons (Fsp3) is 0.333. The smallest absolute Gasteiger partial charge is 0.253 e. The van der Waals surface area contributed by atoms with Crippen molar-refractivity contribution in [3.63, 3.8) is 0 Å². The molecule has 7 heteroatoms. The monoisotopic (exact) mass is 339 g/mol. The molecule has 1 amide bonds. The lowest BCUT2D eigenvalue weighted by atomic mass is 10.1. The Morgan fingerprint density at radius 2 is 2.32 bits per heavy atom. The van der Waals surface area contributed by atoms with E-state index >= 15 is 0 Å². The molecule has 0 radical (unpaired) electrons. The molecule has 1 fully saturated rings. The Morgan fingerprint density at radius 1 is 1.45 bits per heavy atom. The molecule has 118 valence electrons. The van der Waals surface area contributed by atoms with Crippen molar-refractivity contribution in [3.8, 4) is 10.6 Å². The lowest BCUT2D eigenvalue weighted by molar-refractivity contribution is -0.126. The maximum Gasteiger partial charge on any atom is 0.253 e. The van der Waals surface area contributed by atoms with Crippen LogP contribution in [0.5, 0.6) is 0 Å². The number of carbonyl (C=O) groups is 1. The number of nitrogens with one attached hydrogen (secondary N) is 1. The summed E-state index contributed by atoms with van der Waals surface area (Å²) < 4.78 is 5.60. The van der Waals surface area contributed by atoms with E-state index in [1.54, 1.807) is 17.5 Å². The van der Waals surface area contributed by atoms with Gasteiger partial charge in [-0.2, -0.15) is 0 Å². The fourth-order valence-corrected chi connectivity index (χ4v) is 3.03. The van der Waals surface area contributed by atoms with Gasteiger partial charge in [0, 0.05) is 29.4 Å². The molecule has 0 bridgehead atoms. The van der Waals surface area contributed by atoms with Crippen LogP contribution in [0.4, 0.5) is 5.69 Å². The van der Waals surface area contributed by atoms with Crippen LogP contribution in [0.15, 0.2) is 35.8 Å². The topological polar surface area (TPSA) is 77.2 Å². The number of nitrogens with two attached hydrogens (primary N) is 1. The summed E-state index contributed by atoms with van der Waals surface area (Å²) in [6.45, 7) is 0.462. The Kier molecular flexibility index (Phi) is 5.90. The van der Waals surface area contributed by atoms with Crippen LogP contribution in [0.25, 0.3) is 10.6 Å². The first-order valence-electron chi connectivity index (χ1n) is 6.92. The van der Waals surface area contributed by atoms with Crippen LogP contribution >= 0.6 is 23.7 Å². The maximum atomic E-state index is 12.2. The standard InChI is InChI=1S/C15H17N3O2S.ClH/c16-9-12-4-5-13(20-12)14(19)18-11-3-1-2-10(8-11)15-17-6-7-21-15;/h1-3,6-8,12-13H,4-5,9,16H2,(H,18,19);1H/t12-,13+;/m1./s1. The Balaban J connectivity index is 0.00000176. The van der Waals surface area contributed by atoms with Crippen LogP contribution in [0.1, 0.15) is 12.8 Å². The lowest BCUT2D eigenvalue weighted by Crippen LogP contribution is -2.29. The number of ether oxygens (including phenoxy) is 1. The summed E-state index contributed by atoms with van der Waals surface area (Å²) in [6.07, 6.45) is 2.93. The second kappa shape index (κ2) is 7.69. The summed E-state index contributed by atoms with van der Waals surface area (Å²) in [4.78, 5) is 16.5. The van der Waals surface area contributed by atoms with Gasteiger partial charge in [-0.15, -0.1) is 23.7 Å². The van der Waals surface area contributed by atoms with Crippen molar-refractivity contribution in [1.29, 1.82) is 0 Å². The van der Waals surface area contributed by atoms with E-state index in [4.69, 9.17) is 10.5 Å². The second-order valence-corrected chi connectivity index (χ2v) is 5.86. The molecule has 0 aliphatic carbocycles. The SMILES string of the molecule is Cl.NC[C@H]1CC[C@@H](C(=O)Nc2cccc(-c3nccs3)c2)O1. The molecule has 3 N–H and O–H groups in total. The van der Waals surface area contributed by atoms with E-state index in [9.17, 15) is 4.79 Å². The van der Waals surface area contributed by atoms with E-state index < -0.39 is 6.10 Å². The average Bonchev–Trinajstić information content (AvgIpc) is 3.19. The fourth-order valence-electron chi connectivity index (χ4n) is 2.39. The van der Waals surface area contributed by atoms with Crippen molar-refractivity contribution in [2.75, 3.05) is 11.9 Å². The first kappa shape index (κ1) is 16.9. The van der Waals surface area contributed by atoms with Gasteiger partial charge in [-0.25, -0.2) is 4.98 Å². The summed E-state index contributed by atoms with van der Waals surface area (Å²) in [5.41, 5.74) is 7.31. The van der Waals surface area contributed by atoms with Crippen LogP contribution in [-0.2, 0) is 9.53 Å². The maximum absolute atomic E-state index is 12.2. The third kappa shape index (κ3) is 3.84. The summed E-state index contributed by atoms with van der Waals surface area (Å²) in [7, 11) is 0. The van der Waals surface area contributed by atoms with E-state index in [0.717, 1.165) is 29.1 Å². The number of hydrogen-bond acceptors (Lipinski definition) is 5. The van der Waals surface area contributed by atoms with Crippen molar-refractivity contribution < 1.29 is 9.53 Å². The number of benzene rings is 1. The highest BCUT2D eigenvalue weighted by Gasteiger charge is 2.29. The Morgan fingerprint density at radius 3 is 3.00 bits per heavy atom. The van der Waals surface area contributed by atoms with Crippen LogP contribution < -0.4 is 11.1 Å². The minimum absolute atomic E-state index is 0. The van der Waals surface area contributed by atoms with E-state index in [0.29, 0.717) is 6.54 Å². The molecule has 0 saturated carbocycles. The molecule has 5 nitrogen and oxygen atoms in total. The zero-order valence-corrected chi connectivity index (χ0v) is 13.5. The van der Waals surface area contributed by atoms with Crippen molar-refractivity contribution >= 4 is 35.3 Å². The number of thiazole rings is 1. The summed E-state index contributed by atoms with van der Waals surface area (Å²) in [6, 6.07) is 7.67. The summed E-state index contributed by atoms with van der Waals surface area (Å²) >= 11 is 1.57. The van der Waals surface area contributed by atoms with Gasteiger partial charge in [0.15, 0.2) is 0 Å². The predicted octanol–water partition coefficient (Wildman–Crippen LogP) is 2.68. The van der Waals surface area contributed by atoms with Crippen molar-refractivity contribution in [3.05, 3.63) is 35.8 Å². The van der Waals surface area contributed by atoms with E-state index in [1.807, 2.05) is 29.6 Å². The average molecular weight is 340 g/mol. The number of nitrogens with zero attached hydrogens (tertiary/aromatic N) is 1. The lowest BCUT2D eigenvalue weighted by Gasteiger charge is -2.13. The van der Waals surface area contributed by atoms with Crippen molar-refractivity contribution in [2.24, 2.45) is 5.73 Å². The molecule has 2 aromatic rings. The highest BCUT2D eigenvalue weighted by Crippen LogP contribution is 2.25.